The van der Waals surface area contributed by atoms with Gasteiger partial charge in [0.05, 0.1) is 5.41 Å². The number of amides is 1. The largest absolute Gasteiger partial charge is 0.316 e. The summed E-state index contributed by atoms with van der Waals surface area (Å²) in [5.41, 5.74) is -0.293. The molecule has 1 unspecified atom stereocenters. The van der Waals surface area contributed by atoms with Gasteiger partial charge in [0, 0.05) is 6.54 Å². The van der Waals surface area contributed by atoms with E-state index in [9.17, 15) is 4.79 Å². The number of carbonyl (C=O) groups excluding carboxylic acids is 1. The van der Waals surface area contributed by atoms with Crippen LogP contribution in [0.25, 0.3) is 0 Å². The van der Waals surface area contributed by atoms with Crippen molar-refractivity contribution in [1.29, 1.82) is 0 Å². The molecular weight excluding hydrogens is 250 g/mol. The van der Waals surface area contributed by atoms with Crippen molar-refractivity contribution in [2.75, 3.05) is 18.4 Å². The van der Waals surface area contributed by atoms with Crippen LogP contribution in [0.5, 0.6) is 0 Å². The Morgan fingerprint density at radius 2 is 2.44 bits per heavy atom. The minimum Gasteiger partial charge on any atom is -0.316 e. The summed E-state index contributed by atoms with van der Waals surface area (Å²) >= 11 is 5.81. The summed E-state index contributed by atoms with van der Waals surface area (Å²) < 4.78 is 0. The molecule has 0 radical (unpaired) electrons. The molecule has 1 aliphatic heterocycles. The van der Waals surface area contributed by atoms with Gasteiger partial charge in [-0.25, -0.2) is 4.98 Å². The molecule has 5 heteroatoms. The third-order valence-corrected chi connectivity index (χ3v) is 3.62. The van der Waals surface area contributed by atoms with Crippen LogP contribution in [0, 0.1) is 5.41 Å². The lowest BCUT2D eigenvalue weighted by atomic mass is 9.81. The first-order valence-corrected chi connectivity index (χ1v) is 6.69. The van der Waals surface area contributed by atoms with Crippen LogP contribution in [0.4, 0.5) is 5.82 Å². The van der Waals surface area contributed by atoms with Crippen molar-refractivity contribution in [3.05, 3.63) is 23.4 Å². The molecule has 0 bridgehead atoms. The molecule has 98 valence electrons. The molecule has 1 atom stereocenters. The first-order valence-electron chi connectivity index (χ1n) is 6.31. The quantitative estimate of drug-likeness (QED) is 0.824. The molecular formula is C13H18ClN3O. The molecule has 0 spiro atoms. The van der Waals surface area contributed by atoms with Crippen LogP contribution in [0.3, 0.4) is 0 Å². The number of hydrogen-bond donors (Lipinski definition) is 2. The smallest absolute Gasteiger partial charge is 0.233 e. The lowest BCUT2D eigenvalue weighted by Gasteiger charge is -2.26. The van der Waals surface area contributed by atoms with E-state index in [1.165, 1.54) is 0 Å². The first-order chi connectivity index (χ1) is 8.66. The number of nitrogens with one attached hydrogen (secondary N) is 2. The van der Waals surface area contributed by atoms with E-state index in [0.717, 1.165) is 32.4 Å². The average molecular weight is 268 g/mol. The summed E-state index contributed by atoms with van der Waals surface area (Å²) in [6.07, 6.45) is 2.78. The number of rotatable bonds is 4. The molecule has 0 aliphatic carbocycles. The first kappa shape index (κ1) is 13.3. The second-order valence-electron chi connectivity index (χ2n) is 4.76. The van der Waals surface area contributed by atoms with Gasteiger partial charge in [-0.15, -0.1) is 0 Å². The van der Waals surface area contributed by atoms with Crippen molar-refractivity contribution in [3.63, 3.8) is 0 Å². The highest BCUT2D eigenvalue weighted by molar-refractivity contribution is 6.29. The predicted octanol–water partition coefficient (Wildman–Crippen LogP) is 2.45. The zero-order chi connectivity index (χ0) is 13.0. The lowest BCUT2D eigenvalue weighted by molar-refractivity contribution is -0.125. The standard InChI is InChI=1S/C13H18ClN3O/c1-2-6-13(7-8-15-9-13)12(18)17-11-5-3-4-10(14)16-11/h3-5,15H,2,6-9H2,1H3,(H,16,17,18). The molecule has 4 nitrogen and oxygen atoms in total. The molecule has 2 rings (SSSR count). The van der Waals surface area contributed by atoms with Crippen molar-refractivity contribution in [2.45, 2.75) is 26.2 Å². The van der Waals surface area contributed by atoms with Crippen LogP contribution in [0.2, 0.25) is 5.15 Å². The molecule has 1 saturated heterocycles. The van der Waals surface area contributed by atoms with E-state index >= 15 is 0 Å². The maximum Gasteiger partial charge on any atom is 0.233 e. The molecule has 2 N–H and O–H groups in total. The Bertz CT molecular complexity index is 430. The van der Waals surface area contributed by atoms with Gasteiger partial charge in [-0.05, 0) is 31.5 Å². The van der Waals surface area contributed by atoms with E-state index in [1.807, 2.05) is 0 Å². The summed E-state index contributed by atoms with van der Waals surface area (Å²) in [4.78, 5) is 16.5. The van der Waals surface area contributed by atoms with Crippen molar-refractivity contribution in [2.24, 2.45) is 5.41 Å². The highest BCUT2D eigenvalue weighted by atomic mass is 35.5. The lowest BCUT2D eigenvalue weighted by Crippen LogP contribution is -2.38. The third-order valence-electron chi connectivity index (χ3n) is 3.41. The van der Waals surface area contributed by atoms with Gasteiger partial charge in [0.15, 0.2) is 0 Å². The molecule has 2 heterocycles. The second-order valence-corrected chi connectivity index (χ2v) is 5.14. The molecule has 1 amide bonds. The minimum atomic E-state index is -0.293. The summed E-state index contributed by atoms with van der Waals surface area (Å²) in [6.45, 7) is 3.74. The highest BCUT2D eigenvalue weighted by Gasteiger charge is 2.40. The Balaban J connectivity index is 2.10. The fraction of sp³-hybridized carbons (Fsp3) is 0.538. The molecule has 18 heavy (non-hydrogen) atoms. The van der Waals surface area contributed by atoms with E-state index in [1.54, 1.807) is 18.2 Å². The van der Waals surface area contributed by atoms with E-state index in [0.29, 0.717) is 11.0 Å². The van der Waals surface area contributed by atoms with Gasteiger partial charge in [0.1, 0.15) is 11.0 Å². The fourth-order valence-corrected chi connectivity index (χ4v) is 2.63. The molecule has 0 aromatic carbocycles. The Labute approximate surface area is 112 Å². The molecule has 1 fully saturated rings. The number of aromatic nitrogens is 1. The maximum absolute atomic E-state index is 12.4. The van der Waals surface area contributed by atoms with Crippen LogP contribution < -0.4 is 10.6 Å². The normalized spacial score (nSPS) is 23.0. The van der Waals surface area contributed by atoms with E-state index < -0.39 is 0 Å². The Morgan fingerprint density at radius 3 is 3.06 bits per heavy atom. The van der Waals surface area contributed by atoms with Crippen LogP contribution in [0.1, 0.15) is 26.2 Å². The number of anilines is 1. The number of carbonyl (C=O) groups is 1. The van der Waals surface area contributed by atoms with Crippen molar-refractivity contribution >= 4 is 23.3 Å². The number of hydrogen-bond acceptors (Lipinski definition) is 3. The number of pyridine rings is 1. The average Bonchev–Trinajstić information content (AvgIpc) is 2.79. The monoisotopic (exact) mass is 267 g/mol. The molecule has 0 saturated carbocycles. The summed E-state index contributed by atoms with van der Waals surface area (Å²) in [7, 11) is 0. The summed E-state index contributed by atoms with van der Waals surface area (Å²) in [5.74, 6) is 0.569. The Morgan fingerprint density at radius 1 is 1.61 bits per heavy atom. The van der Waals surface area contributed by atoms with Gasteiger partial charge >= 0.3 is 0 Å². The van der Waals surface area contributed by atoms with Gasteiger partial charge < -0.3 is 10.6 Å². The summed E-state index contributed by atoms with van der Waals surface area (Å²) in [6, 6.07) is 5.23. The van der Waals surface area contributed by atoms with Gasteiger partial charge in [-0.3, -0.25) is 4.79 Å². The molecule has 1 aromatic rings. The fourth-order valence-electron chi connectivity index (χ4n) is 2.47. The van der Waals surface area contributed by atoms with Crippen molar-refractivity contribution < 1.29 is 4.79 Å². The molecule has 1 aliphatic rings. The zero-order valence-electron chi connectivity index (χ0n) is 10.5. The maximum atomic E-state index is 12.4. The minimum absolute atomic E-state index is 0.0455. The number of nitrogens with zero attached hydrogens (tertiary/aromatic N) is 1. The highest BCUT2D eigenvalue weighted by Crippen LogP contribution is 2.32. The van der Waals surface area contributed by atoms with E-state index in [2.05, 4.69) is 22.5 Å². The van der Waals surface area contributed by atoms with Crippen LogP contribution in [-0.4, -0.2) is 24.0 Å². The van der Waals surface area contributed by atoms with E-state index in [4.69, 9.17) is 11.6 Å². The van der Waals surface area contributed by atoms with Gasteiger partial charge in [0.25, 0.3) is 0 Å². The Kier molecular flexibility index (Phi) is 4.19. The van der Waals surface area contributed by atoms with Crippen LogP contribution in [-0.2, 0) is 4.79 Å². The summed E-state index contributed by atoms with van der Waals surface area (Å²) in [5, 5.41) is 6.54. The third kappa shape index (κ3) is 2.82. The SMILES string of the molecule is CCCC1(C(=O)Nc2cccc(Cl)n2)CCNC1. The van der Waals surface area contributed by atoms with Crippen molar-refractivity contribution in [3.8, 4) is 0 Å². The van der Waals surface area contributed by atoms with Crippen molar-refractivity contribution in [1.82, 2.24) is 10.3 Å². The van der Waals surface area contributed by atoms with E-state index in [-0.39, 0.29) is 11.3 Å². The van der Waals surface area contributed by atoms with Gasteiger partial charge in [-0.2, -0.15) is 0 Å². The second kappa shape index (κ2) is 5.67. The zero-order valence-corrected chi connectivity index (χ0v) is 11.3. The topological polar surface area (TPSA) is 54.0 Å². The number of halogens is 1. The van der Waals surface area contributed by atoms with Crippen LogP contribution >= 0.6 is 11.6 Å². The predicted molar refractivity (Wildman–Crippen MR) is 72.7 cm³/mol. The van der Waals surface area contributed by atoms with Gasteiger partial charge in [0.2, 0.25) is 5.91 Å². The van der Waals surface area contributed by atoms with Gasteiger partial charge in [-0.1, -0.05) is 31.0 Å². The molecule has 1 aromatic heterocycles. The van der Waals surface area contributed by atoms with Crippen LogP contribution in [0.15, 0.2) is 18.2 Å². The Hall–Kier alpha value is -1.13.